The summed E-state index contributed by atoms with van der Waals surface area (Å²) in [4.78, 5) is 31.3. The Hall–Kier alpha value is -1.93. The molecule has 3 rings (SSSR count). The Bertz CT molecular complexity index is 648. The zero-order valence-corrected chi connectivity index (χ0v) is 17.2. The van der Waals surface area contributed by atoms with Crippen LogP contribution in [-0.2, 0) is 9.59 Å². The van der Waals surface area contributed by atoms with E-state index in [4.69, 9.17) is 4.52 Å². The zero-order valence-electron chi connectivity index (χ0n) is 17.2. The maximum Gasteiger partial charge on any atom is 0.239 e. The average Bonchev–Trinajstić information content (AvgIpc) is 3.09. The van der Waals surface area contributed by atoms with Crippen LogP contribution in [0.4, 0.5) is 5.82 Å². The van der Waals surface area contributed by atoms with Crippen LogP contribution in [0.25, 0.3) is 0 Å². The fourth-order valence-electron chi connectivity index (χ4n) is 4.23. The van der Waals surface area contributed by atoms with Crippen LogP contribution in [0, 0.1) is 6.92 Å². The number of amides is 2. The standard InChI is InChI=1S/C20H33N5O3/c1-3-25(17-7-5-4-6-8-17)20(27)15-24-11-9-23(10-12-24)14-19(26)21-18-13-16(2)28-22-18/h13,17H,3-12,14-15H2,1-2H3,(H,21,22,26). The monoisotopic (exact) mass is 391 g/mol. The minimum absolute atomic E-state index is 0.0905. The maximum absolute atomic E-state index is 12.8. The molecule has 2 heterocycles. The Balaban J connectivity index is 1.39. The zero-order chi connectivity index (χ0) is 19.9. The molecule has 2 fully saturated rings. The number of hydrogen-bond acceptors (Lipinski definition) is 6. The Kier molecular flexibility index (Phi) is 7.44. The number of piperazine rings is 1. The topological polar surface area (TPSA) is 81.9 Å². The molecule has 2 amide bonds. The summed E-state index contributed by atoms with van der Waals surface area (Å²) in [5, 5.41) is 6.53. The van der Waals surface area contributed by atoms with Gasteiger partial charge in [-0.3, -0.25) is 19.4 Å². The van der Waals surface area contributed by atoms with Gasteiger partial charge in [0, 0.05) is 44.8 Å². The summed E-state index contributed by atoms with van der Waals surface area (Å²) in [6.45, 7) is 8.68. The van der Waals surface area contributed by atoms with Gasteiger partial charge in [0.2, 0.25) is 11.8 Å². The van der Waals surface area contributed by atoms with E-state index in [9.17, 15) is 9.59 Å². The molecule has 1 saturated carbocycles. The second kappa shape index (κ2) is 10.0. The number of likely N-dealkylation sites (N-methyl/N-ethyl adjacent to an activating group) is 1. The highest BCUT2D eigenvalue weighted by Crippen LogP contribution is 2.22. The largest absolute Gasteiger partial charge is 0.360 e. The second-order valence-corrected chi connectivity index (χ2v) is 7.89. The fraction of sp³-hybridized carbons (Fsp3) is 0.750. The lowest BCUT2D eigenvalue weighted by Gasteiger charge is -2.37. The van der Waals surface area contributed by atoms with Crippen molar-refractivity contribution >= 4 is 17.6 Å². The van der Waals surface area contributed by atoms with Crippen molar-refractivity contribution in [2.45, 2.75) is 52.0 Å². The van der Waals surface area contributed by atoms with E-state index in [2.05, 4.69) is 32.1 Å². The molecular formula is C20H33N5O3. The van der Waals surface area contributed by atoms with Gasteiger partial charge in [-0.1, -0.05) is 24.4 Å². The Morgan fingerprint density at radius 1 is 1.14 bits per heavy atom. The molecule has 0 unspecified atom stereocenters. The molecule has 156 valence electrons. The van der Waals surface area contributed by atoms with Crippen LogP contribution in [0.1, 0.15) is 44.8 Å². The predicted molar refractivity (Wildman–Crippen MR) is 107 cm³/mol. The molecule has 1 aromatic rings. The summed E-state index contributed by atoms with van der Waals surface area (Å²) in [5.74, 6) is 1.28. The first-order valence-electron chi connectivity index (χ1n) is 10.5. The first-order valence-corrected chi connectivity index (χ1v) is 10.5. The van der Waals surface area contributed by atoms with Gasteiger partial charge in [-0.2, -0.15) is 0 Å². The van der Waals surface area contributed by atoms with Crippen LogP contribution in [0.5, 0.6) is 0 Å². The highest BCUT2D eigenvalue weighted by Gasteiger charge is 2.27. The number of rotatable bonds is 7. The van der Waals surface area contributed by atoms with Gasteiger partial charge in [-0.15, -0.1) is 0 Å². The van der Waals surface area contributed by atoms with E-state index < -0.39 is 0 Å². The molecule has 28 heavy (non-hydrogen) atoms. The van der Waals surface area contributed by atoms with Crippen LogP contribution in [0.2, 0.25) is 0 Å². The molecule has 1 aromatic heterocycles. The molecular weight excluding hydrogens is 358 g/mol. The van der Waals surface area contributed by atoms with Crippen LogP contribution in [0.15, 0.2) is 10.6 Å². The number of carbonyl (C=O) groups is 2. The number of nitrogens with one attached hydrogen (secondary N) is 1. The molecule has 8 nitrogen and oxygen atoms in total. The Morgan fingerprint density at radius 3 is 2.36 bits per heavy atom. The fourth-order valence-corrected chi connectivity index (χ4v) is 4.23. The number of aromatic nitrogens is 1. The molecule has 0 atom stereocenters. The molecule has 0 radical (unpaired) electrons. The number of hydrogen-bond donors (Lipinski definition) is 1. The van der Waals surface area contributed by atoms with Gasteiger partial charge < -0.3 is 14.7 Å². The third kappa shape index (κ3) is 5.78. The minimum atomic E-state index is -0.0905. The first kappa shape index (κ1) is 20.8. The van der Waals surface area contributed by atoms with Crippen molar-refractivity contribution in [1.82, 2.24) is 19.9 Å². The third-order valence-corrected chi connectivity index (χ3v) is 5.76. The van der Waals surface area contributed by atoms with E-state index in [1.807, 2.05) is 0 Å². The van der Waals surface area contributed by atoms with Gasteiger partial charge in [0.15, 0.2) is 5.82 Å². The number of anilines is 1. The van der Waals surface area contributed by atoms with Crippen molar-refractivity contribution in [2.75, 3.05) is 51.1 Å². The van der Waals surface area contributed by atoms with Crippen molar-refractivity contribution in [2.24, 2.45) is 0 Å². The lowest BCUT2D eigenvalue weighted by Crippen LogP contribution is -2.52. The molecule has 2 aliphatic rings. The van der Waals surface area contributed by atoms with Crippen LogP contribution < -0.4 is 5.32 Å². The number of aryl methyl sites for hydroxylation is 1. The summed E-state index contributed by atoms with van der Waals surface area (Å²) >= 11 is 0. The molecule has 1 N–H and O–H groups in total. The van der Waals surface area contributed by atoms with Crippen LogP contribution >= 0.6 is 0 Å². The molecule has 0 spiro atoms. The van der Waals surface area contributed by atoms with Crippen molar-refractivity contribution in [1.29, 1.82) is 0 Å². The molecule has 0 bridgehead atoms. The summed E-state index contributed by atoms with van der Waals surface area (Å²) in [6, 6.07) is 2.13. The molecule has 0 aromatic carbocycles. The minimum Gasteiger partial charge on any atom is -0.360 e. The molecule has 1 aliphatic heterocycles. The number of carbonyl (C=O) groups excluding carboxylic acids is 2. The van der Waals surface area contributed by atoms with Crippen molar-refractivity contribution < 1.29 is 14.1 Å². The van der Waals surface area contributed by atoms with Gasteiger partial charge in [-0.05, 0) is 26.7 Å². The summed E-state index contributed by atoms with van der Waals surface area (Å²) in [7, 11) is 0. The maximum atomic E-state index is 12.8. The van der Waals surface area contributed by atoms with E-state index in [0.717, 1.165) is 45.6 Å². The van der Waals surface area contributed by atoms with Crippen molar-refractivity contribution in [3.8, 4) is 0 Å². The van der Waals surface area contributed by atoms with Crippen LogP contribution in [-0.4, -0.2) is 83.5 Å². The first-order chi connectivity index (χ1) is 13.5. The summed E-state index contributed by atoms with van der Waals surface area (Å²) in [5.41, 5.74) is 0. The SMILES string of the molecule is CCN(C(=O)CN1CCN(CC(=O)Nc2cc(C)on2)CC1)C1CCCCC1. The van der Waals surface area contributed by atoms with Gasteiger partial charge in [0.25, 0.3) is 0 Å². The van der Waals surface area contributed by atoms with Gasteiger partial charge >= 0.3 is 0 Å². The van der Waals surface area contributed by atoms with Crippen molar-refractivity contribution in [3.63, 3.8) is 0 Å². The molecule has 1 saturated heterocycles. The molecule has 1 aliphatic carbocycles. The van der Waals surface area contributed by atoms with Crippen molar-refractivity contribution in [3.05, 3.63) is 11.8 Å². The normalized spacial score (nSPS) is 19.5. The molecule has 8 heteroatoms. The van der Waals surface area contributed by atoms with E-state index in [1.54, 1.807) is 13.0 Å². The number of nitrogens with zero attached hydrogens (tertiary/aromatic N) is 4. The predicted octanol–water partition coefficient (Wildman–Crippen LogP) is 1.72. The van der Waals surface area contributed by atoms with E-state index in [0.29, 0.717) is 30.7 Å². The lowest BCUT2D eigenvalue weighted by atomic mass is 9.94. The Labute approximate surface area is 167 Å². The van der Waals surface area contributed by atoms with Gasteiger partial charge in [0.1, 0.15) is 5.76 Å². The summed E-state index contributed by atoms with van der Waals surface area (Å²) in [6.07, 6.45) is 6.07. The van der Waals surface area contributed by atoms with E-state index >= 15 is 0 Å². The van der Waals surface area contributed by atoms with Crippen LogP contribution in [0.3, 0.4) is 0 Å². The highest BCUT2D eigenvalue weighted by molar-refractivity contribution is 5.91. The smallest absolute Gasteiger partial charge is 0.239 e. The second-order valence-electron chi connectivity index (χ2n) is 7.89. The van der Waals surface area contributed by atoms with E-state index in [1.165, 1.54) is 19.3 Å². The Morgan fingerprint density at radius 2 is 1.79 bits per heavy atom. The lowest BCUT2D eigenvalue weighted by molar-refractivity contribution is -0.135. The average molecular weight is 392 g/mol. The van der Waals surface area contributed by atoms with Gasteiger partial charge in [0.05, 0.1) is 13.1 Å². The summed E-state index contributed by atoms with van der Waals surface area (Å²) < 4.78 is 4.96. The van der Waals surface area contributed by atoms with Gasteiger partial charge in [-0.25, -0.2) is 0 Å². The highest BCUT2D eigenvalue weighted by atomic mass is 16.5. The third-order valence-electron chi connectivity index (χ3n) is 5.76. The quantitative estimate of drug-likeness (QED) is 0.762. The van der Waals surface area contributed by atoms with E-state index in [-0.39, 0.29) is 11.8 Å².